The van der Waals surface area contributed by atoms with E-state index < -0.39 is 12.5 Å². The van der Waals surface area contributed by atoms with E-state index in [1.54, 1.807) is 0 Å². The predicted molar refractivity (Wildman–Crippen MR) is 62.5 cm³/mol. The van der Waals surface area contributed by atoms with E-state index in [2.05, 4.69) is 20.8 Å². The molecule has 0 aliphatic rings. The Morgan fingerprint density at radius 1 is 1.28 bits per heavy atom. The molecule has 0 atom stereocenters. The highest BCUT2D eigenvalue weighted by Crippen LogP contribution is 2.13. The van der Waals surface area contributed by atoms with Crippen LogP contribution >= 0.6 is 0 Å². The maximum Gasteiger partial charge on any atom is 0.262 e. The van der Waals surface area contributed by atoms with Crippen molar-refractivity contribution in [1.82, 2.24) is 20.2 Å². The van der Waals surface area contributed by atoms with Gasteiger partial charge in [0.2, 0.25) is 5.95 Å². The summed E-state index contributed by atoms with van der Waals surface area (Å²) in [4.78, 5) is 0. The first-order valence-corrected chi connectivity index (χ1v) is 5.46. The summed E-state index contributed by atoms with van der Waals surface area (Å²) in [6.45, 7) is 0.777. The summed E-state index contributed by atoms with van der Waals surface area (Å²) in [6, 6.07) is 9.53. The Morgan fingerprint density at radius 3 is 2.67 bits per heavy atom. The second-order valence-electron chi connectivity index (χ2n) is 4.07. The zero-order valence-corrected chi connectivity index (χ0v) is 9.85. The summed E-state index contributed by atoms with van der Waals surface area (Å²) in [5.74, 6) is -2.57. The van der Waals surface area contributed by atoms with Gasteiger partial charge in [0.15, 0.2) is 0 Å². The zero-order chi connectivity index (χ0) is 13.0. The van der Waals surface area contributed by atoms with Gasteiger partial charge in [-0.25, -0.2) is 13.5 Å². The highest BCUT2D eigenvalue weighted by Gasteiger charge is 2.21. The van der Waals surface area contributed by atoms with E-state index in [1.807, 2.05) is 30.3 Å². The van der Waals surface area contributed by atoms with Gasteiger partial charge in [-0.15, -0.1) is 0 Å². The Labute approximate surface area is 103 Å². The van der Waals surface area contributed by atoms with Crippen LogP contribution in [0.5, 0.6) is 0 Å². The topological polar surface area (TPSA) is 55.6 Å². The van der Waals surface area contributed by atoms with Crippen LogP contribution in [0.2, 0.25) is 0 Å². The predicted octanol–water partition coefficient (Wildman–Crippen LogP) is 1.79. The van der Waals surface area contributed by atoms with Crippen LogP contribution in [0.3, 0.4) is 0 Å². The molecule has 0 radical (unpaired) electrons. The monoisotopic (exact) mass is 253 g/mol. The van der Waals surface area contributed by atoms with Crippen molar-refractivity contribution in [2.24, 2.45) is 0 Å². The van der Waals surface area contributed by atoms with Gasteiger partial charge in [-0.2, -0.15) is 0 Å². The Balaban J connectivity index is 2.04. The molecule has 0 spiro atoms. The molecule has 0 aliphatic heterocycles. The molecule has 7 heteroatoms. The van der Waals surface area contributed by atoms with E-state index in [4.69, 9.17) is 0 Å². The number of alkyl halides is 2. The van der Waals surface area contributed by atoms with E-state index >= 15 is 0 Å². The number of anilines is 1. The number of hydrogen-bond acceptors (Lipinski definition) is 4. The van der Waals surface area contributed by atoms with Crippen LogP contribution in [0, 0.1) is 0 Å². The lowest BCUT2D eigenvalue weighted by molar-refractivity contribution is 0.0365. The van der Waals surface area contributed by atoms with Crippen molar-refractivity contribution in [3.63, 3.8) is 0 Å². The van der Waals surface area contributed by atoms with E-state index in [0.717, 1.165) is 12.5 Å². The van der Waals surface area contributed by atoms with Crippen molar-refractivity contribution in [1.29, 1.82) is 0 Å². The van der Waals surface area contributed by atoms with Crippen LogP contribution in [0.1, 0.15) is 12.5 Å². The van der Waals surface area contributed by atoms with E-state index in [9.17, 15) is 8.78 Å². The smallest absolute Gasteiger partial charge is 0.262 e. The van der Waals surface area contributed by atoms with Crippen molar-refractivity contribution >= 4 is 5.95 Å². The number of aromatic nitrogens is 4. The molecule has 2 aromatic rings. The molecule has 0 fully saturated rings. The first-order valence-electron chi connectivity index (χ1n) is 5.46. The lowest BCUT2D eigenvalue weighted by Crippen LogP contribution is -2.24. The van der Waals surface area contributed by atoms with Gasteiger partial charge in [-0.3, -0.25) is 0 Å². The van der Waals surface area contributed by atoms with Crippen LogP contribution in [0.25, 0.3) is 0 Å². The number of nitrogens with zero attached hydrogens (tertiary/aromatic N) is 4. The quantitative estimate of drug-likeness (QED) is 0.882. The molecule has 0 saturated heterocycles. The third kappa shape index (κ3) is 3.47. The highest BCUT2D eigenvalue weighted by molar-refractivity contribution is 5.24. The SMILES string of the molecule is CC(F)(F)CNc1nnnn1Cc1ccccc1. The Morgan fingerprint density at radius 2 is 2.00 bits per heavy atom. The average molecular weight is 253 g/mol. The van der Waals surface area contributed by atoms with Crippen molar-refractivity contribution in [2.45, 2.75) is 19.4 Å². The molecule has 2 rings (SSSR count). The average Bonchev–Trinajstić information content (AvgIpc) is 2.74. The maximum absolute atomic E-state index is 12.7. The van der Waals surface area contributed by atoms with Crippen molar-refractivity contribution in [3.05, 3.63) is 35.9 Å². The molecule has 0 aliphatic carbocycles. The Kier molecular flexibility index (Phi) is 3.50. The second kappa shape index (κ2) is 5.07. The van der Waals surface area contributed by atoms with Crippen LogP contribution in [-0.4, -0.2) is 32.7 Å². The highest BCUT2D eigenvalue weighted by atomic mass is 19.3. The molecule has 1 aromatic carbocycles. The summed E-state index contributed by atoms with van der Waals surface area (Å²) in [6.07, 6.45) is 0. The molecule has 96 valence electrons. The molecule has 1 heterocycles. The Bertz CT molecular complexity index is 492. The normalized spacial score (nSPS) is 11.5. The standard InChI is InChI=1S/C11H13F2N5/c1-11(12,13)8-14-10-15-16-17-18(10)7-9-5-3-2-4-6-9/h2-6H,7-8H2,1H3,(H,14,15,17). The van der Waals surface area contributed by atoms with E-state index in [0.29, 0.717) is 6.54 Å². The molecule has 5 nitrogen and oxygen atoms in total. The summed E-state index contributed by atoms with van der Waals surface area (Å²) in [5.41, 5.74) is 0.996. The van der Waals surface area contributed by atoms with Crippen LogP contribution in [-0.2, 0) is 6.54 Å². The molecule has 0 bridgehead atoms. The molecule has 0 saturated carbocycles. The summed E-state index contributed by atoms with van der Waals surface area (Å²) in [7, 11) is 0. The third-order valence-electron chi connectivity index (χ3n) is 2.26. The van der Waals surface area contributed by atoms with E-state index in [1.165, 1.54) is 4.68 Å². The van der Waals surface area contributed by atoms with Crippen LogP contribution < -0.4 is 5.32 Å². The van der Waals surface area contributed by atoms with Gasteiger partial charge in [-0.05, 0) is 16.0 Å². The number of tetrazole rings is 1. The van der Waals surface area contributed by atoms with Crippen molar-refractivity contribution in [2.75, 3.05) is 11.9 Å². The van der Waals surface area contributed by atoms with Gasteiger partial charge >= 0.3 is 0 Å². The third-order valence-corrected chi connectivity index (χ3v) is 2.26. The van der Waals surface area contributed by atoms with Gasteiger partial charge in [0.05, 0.1) is 13.1 Å². The molecule has 1 aromatic heterocycles. The van der Waals surface area contributed by atoms with Crippen molar-refractivity contribution < 1.29 is 8.78 Å². The van der Waals surface area contributed by atoms with Crippen molar-refractivity contribution in [3.8, 4) is 0 Å². The fourth-order valence-corrected chi connectivity index (χ4v) is 1.43. The zero-order valence-electron chi connectivity index (χ0n) is 9.85. The van der Waals surface area contributed by atoms with Gasteiger partial charge in [0.1, 0.15) is 0 Å². The second-order valence-corrected chi connectivity index (χ2v) is 4.07. The number of nitrogens with one attached hydrogen (secondary N) is 1. The minimum Gasteiger partial charge on any atom is -0.347 e. The summed E-state index contributed by atoms with van der Waals surface area (Å²) < 4.78 is 26.9. The van der Waals surface area contributed by atoms with Gasteiger partial charge in [0, 0.05) is 6.92 Å². The molecule has 0 unspecified atom stereocenters. The first-order chi connectivity index (χ1) is 8.54. The van der Waals surface area contributed by atoms with Crippen LogP contribution in [0.15, 0.2) is 30.3 Å². The minimum atomic E-state index is -2.80. The summed E-state index contributed by atoms with van der Waals surface area (Å²) >= 11 is 0. The fraction of sp³-hybridized carbons (Fsp3) is 0.364. The molecular formula is C11H13F2N5. The Hall–Kier alpha value is -2.05. The lowest BCUT2D eigenvalue weighted by atomic mass is 10.2. The fourth-order valence-electron chi connectivity index (χ4n) is 1.43. The molecular weight excluding hydrogens is 240 g/mol. The first kappa shape index (κ1) is 12.4. The van der Waals surface area contributed by atoms with Crippen LogP contribution in [0.4, 0.5) is 14.7 Å². The van der Waals surface area contributed by atoms with Gasteiger partial charge in [-0.1, -0.05) is 35.4 Å². The number of halogens is 2. The largest absolute Gasteiger partial charge is 0.347 e. The lowest BCUT2D eigenvalue weighted by Gasteiger charge is -2.11. The summed E-state index contributed by atoms with van der Waals surface area (Å²) in [5, 5.41) is 13.4. The van der Waals surface area contributed by atoms with Gasteiger partial charge < -0.3 is 5.32 Å². The number of hydrogen-bond donors (Lipinski definition) is 1. The number of rotatable bonds is 5. The minimum absolute atomic E-state index is 0.236. The molecule has 1 N–H and O–H groups in total. The maximum atomic E-state index is 12.7. The van der Waals surface area contributed by atoms with E-state index in [-0.39, 0.29) is 5.95 Å². The molecule has 18 heavy (non-hydrogen) atoms. The van der Waals surface area contributed by atoms with Gasteiger partial charge in [0.25, 0.3) is 5.92 Å². The molecule has 0 amide bonds. The number of benzene rings is 1.